The van der Waals surface area contributed by atoms with Gasteiger partial charge >= 0.3 is 0 Å². The summed E-state index contributed by atoms with van der Waals surface area (Å²) in [4.78, 5) is 26.5. The van der Waals surface area contributed by atoms with E-state index in [2.05, 4.69) is 5.32 Å². The summed E-state index contributed by atoms with van der Waals surface area (Å²) in [5.41, 5.74) is 2.39. The number of sulfonamides is 1. The van der Waals surface area contributed by atoms with Gasteiger partial charge in [-0.1, -0.05) is 12.1 Å². The minimum atomic E-state index is -3.76. The van der Waals surface area contributed by atoms with Crippen molar-refractivity contribution in [1.29, 1.82) is 0 Å². The Morgan fingerprint density at radius 3 is 2.58 bits per heavy atom. The van der Waals surface area contributed by atoms with Gasteiger partial charge in [0.25, 0.3) is 0 Å². The van der Waals surface area contributed by atoms with Crippen LogP contribution in [0.4, 0.5) is 10.1 Å². The Morgan fingerprint density at radius 1 is 1.09 bits per heavy atom. The van der Waals surface area contributed by atoms with Crippen LogP contribution in [-0.4, -0.2) is 44.2 Å². The minimum absolute atomic E-state index is 0.0583. The molecule has 0 spiro atoms. The van der Waals surface area contributed by atoms with Gasteiger partial charge in [0.2, 0.25) is 21.8 Å². The number of fused-ring (bicyclic) bond motifs is 1. The van der Waals surface area contributed by atoms with E-state index in [1.54, 1.807) is 35.2 Å². The van der Waals surface area contributed by atoms with Crippen LogP contribution in [0.15, 0.2) is 47.4 Å². The number of rotatable bonds is 5. The Balaban J connectivity index is 1.45. The summed E-state index contributed by atoms with van der Waals surface area (Å²) in [5, 5.41) is 2.84. The third-order valence-electron chi connectivity index (χ3n) is 6.32. The Hall–Kier alpha value is -2.78. The zero-order chi connectivity index (χ0) is 23.6. The van der Waals surface area contributed by atoms with Crippen molar-refractivity contribution in [1.82, 2.24) is 9.62 Å². The average molecular weight is 474 g/mol. The molecule has 33 heavy (non-hydrogen) atoms. The molecule has 2 aromatic carbocycles. The highest BCUT2D eigenvalue weighted by Gasteiger charge is 2.34. The van der Waals surface area contributed by atoms with E-state index in [1.165, 1.54) is 23.4 Å². The molecular formula is C24H28FN3O4S. The summed E-state index contributed by atoms with van der Waals surface area (Å²) in [7, 11) is -3.76. The lowest BCUT2D eigenvalue weighted by molar-refractivity contribution is -0.126. The van der Waals surface area contributed by atoms with Crippen LogP contribution in [0.5, 0.6) is 0 Å². The van der Waals surface area contributed by atoms with Crippen LogP contribution in [0.2, 0.25) is 0 Å². The van der Waals surface area contributed by atoms with Crippen molar-refractivity contribution in [2.75, 3.05) is 24.5 Å². The fraction of sp³-hybridized carbons (Fsp3) is 0.417. The van der Waals surface area contributed by atoms with Gasteiger partial charge < -0.3 is 10.2 Å². The topological polar surface area (TPSA) is 86.8 Å². The largest absolute Gasteiger partial charge is 0.352 e. The van der Waals surface area contributed by atoms with Crippen molar-refractivity contribution in [3.8, 4) is 0 Å². The standard InChI is InChI=1S/C24H28FN3O4S/c1-17(29)28-13-3-4-19-14-22(10-11-23(19)28)33(31,32)27-12-2-5-20(16-27)24(30)26-15-18-6-8-21(25)9-7-18/h6-11,14,20H,2-5,12-13,15-16H2,1H3,(H,26,30)/t20-/m1/s1. The number of anilines is 1. The first-order chi connectivity index (χ1) is 15.8. The number of hydrogen-bond acceptors (Lipinski definition) is 4. The lowest BCUT2D eigenvalue weighted by atomic mass is 9.99. The van der Waals surface area contributed by atoms with E-state index < -0.39 is 15.9 Å². The highest BCUT2D eigenvalue weighted by molar-refractivity contribution is 7.89. The molecule has 2 aromatic rings. The Morgan fingerprint density at radius 2 is 1.85 bits per heavy atom. The van der Waals surface area contributed by atoms with E-state index in [-0.39, 0.29) is 35.6 Å². The van der Waals surface area contributed by atoms with E-state index in [4.69, 9.17) is 0 Å². The lowest BCUT2D eigenvalue weighted by Crippen LogP contribution is -2.45. The van der Waals surface area contributed by atoms with Crippen LogP contribution in [-0.2, 0) is 32.6 Å². The Bertz CT molecular complexity index is 1150. The van der Waals surface area contributed by atoms with Crippen molar-refractivity contribution in [3.63, 3.8) is 0 Å². The first-order valence-corrected chi connectivity index (χ1v) is 12.6. The quantitative estimate of drug-likeness (QED) is 0.724. The van der Waals surface area contributed by atoms with Gasteiger partial charge in [-0.15, -0.1) is 0 Å². The van der Waals surface area contributed by atoms with Crippen molar-refractivity contribution < 1.29 is 22.4 Å². The molecule has 1 saturated heterocycles. The molecule has 0 saturated carbocycles. The molecule has 2 heterocycles. The van der Waals surface area contributed by atoms with Gasteiger partial charge in [0.1, 0.15) is 5.82 Å². The van der Waals surface area contributed by atoms with Crippen LogP contribution in [0.25, 0.3) is 0 Å². The molecule has 0 radical (unpaired) electrons. The van der Waals surface area contributed by atoms with Gasteiger partial charge in [-0.3, -0.25) is 9.59 Å². The molecule has 2 amide bonds. The second kappa shape index (κ2) is 9.61. The molecule has 0 unspecified atom stereocenters. The monoisotopic (exact) mass is 473 g/mol. The molecule has 4 rings (SSSR count). The van der Waals surface area contributed by atoms with Crippen molar-refractivity contribution >= 4 is 27.5 Å². The smallest absolute Gasteiger partial charge is 0.243 e. The number of nitrogens with one attached hydrogen (secondary N) is 1. The summed E-state index contributed by atoms with van der Waals surface area (Å²) < 4.78 is 41.1. The summed E-state index contributed by atoms with van der Waals surface area (Å²) in [6.45, 7) is 2.89. The molecule has 2 aliphatic heterocycles. The number of benzene rings is 2. The number of amides is 2. The van der Waals surface area contributed by atoms with Crippen LogP contribution in [0, 0.1) is 11.7 Å². The van der Waals surface area contributed by atoms with Gasteiger partial charge in [0, 0.05) is 38.8 Å². The highest BCUT2D eigenvalue weighted by atomic mass is 32.2. The maximum atomic E-state index is 13.3. The van der Waals surface area contributed by atoms with E-state index in [1.807, 2.05) is 0 Å². The molecule has 9 heteroatoms. The normalized spacial score (nSPS) is 19.1. The first-order valence-electron chi connectivity index (χ1n) is 11.2. The van der Waals surface area contributed by atoms with Gasteiger partial charge in [0.15, 0.2) is 0 Å². The molecule has 0 aromatic heterocycles. The van der Waals surface area contributed by atoms with E-state index >= 15 is 0 Å². The summed E-state index contributed by atoms with van der Waals surface area (Å²) in [6, 6.07) is 10.8. The SMILES string of the molecule is CC(=O)N1CCCc2cc(S(=O)(=O)N3CCC[C@@H](C(=O)NCc4ccc(F)cc4)C3)ccc21. The maximum Gasteiger partial charge on any atom is 0.243 e. The summed E-state index contributed by atoms with van der Waals surface area (Å²) >= 11 is 0. The molecule has 176 valence electrons. The zero-order valence-corrected chi connectivity index (χ0v) is 19.4. The second-order valence-corrected chi connectivity index (χ2v) is 10.5. The lowest BCUT2D eigenvalue weighted by Gasteiger charge is -2.32. The van der Waals surface area contributed by atoms with Crippen LogP contribution in [0.3, 0.4) is 0 Å². The number of piperidine rings is 1. The summed E-state index contributed by atoms with van der Waals surface area (Å²) in [6.07, 6.45) is 2.71. The predicted octanol–water partition coefficient (Wildman–Crippen LogP) is 2.84. The van der Waals surface area contributed by atoms with Crippen LogP contribution >= 0.6 is 0 Å². The molecule has 0 bridgehead atoms. The maximum absolute atomic E-state index is 13.3. The van der Waals surface area contributed by atoms with Gasteiger partial charge in [-0.25, -0.2) is 12.8 Å². The number of carbonyl (C=O) groups is 2. The molecule has 7 nitrogen and oxygen atoms in total. The van der Waals surface area contributed by atoms with Crippen molar-refractivity contribution in [2.45, 2.75) is 44.0 Å². The minimum Gasteiger partial charge on any atom is -0.352 e. The number of carbonyl (C=O) groups excluding carboxylic acids is 2. The number of nitrogens with zero attached hydrogens (tertiary/aromatic N) is 2. The number of hydrogen-bond donors (Lipinski definition) is 1. The van der Waals surface area contributed by atoms with E-state index in [0.717, 1.165) is 29.7 Å². The van der Waals surface area contributed by atoms with Gasteiger partial charge in [-0.05, 0) is 67.1 Å². The second-order valence-electron chi connectivity index (χ2n) is 8.61. The average Bonchev–Trinajstić information content (AvgIpc) is 2.82. The van der Waals surface area contributed by atoms with Crippen molar-refractivity contribution in [2.24, 2.45) is 5.92 Å². The van der Waals surface area contributed by atoms with Gasteiger partial charge in [0.05, 0.1) is 10.8 Å². The zero-order valence-electron chi connectivity index (χ0n) is 18.6. The molecule has 2 aliphatic rings. The molecule has 1 N–H and O–H groups in total. The van der Waals surface area contributed by atoms with Crippen LogP contribution in [0.1, 0.15) is 37.3 Å². The molecule has 1 atom stereocenters. The molecular weight excluding hydrogens is 445 g/mol. The highest BCUT2D eigenvalue weighted by Crippen LogP contribution is 2.31. The third kappa shape index (κ3) is 5.09. The Kier molecular flexibility index (Phi) is 6.81. The molecule has 0 aliphatic carbocycles. The summed E-state index contributed by atoms with van der Waals surface area (Å²) in [5.74, 6) is -1.05. The fourth-order valence-corrected chi connectivity index (χ4v) is 6.10. The van der Waals surface area contributed by atoms with Crippen molar-refractivity contribution in [3.05, 3.63) is 59.4 Å². The van der Waals surface area contributed by atoms with E-state index in [0.29, 0.717) is 25.9 Å². The first kappa shape index (κ1) is 23.4. The fourth-order valence-electron chi connectivity index (χ4n) is 4.52. The third-order valence-corrected chi connectivity index (χ3v) is 8.18. The van der Waals surface area contributed by atoms with Gasteiger partial charge in [-0.2, -0.15) is 4.31 Å². The Labute approximate surface area is 193 Å². The number of halogens is 1. The predicted molar refractivity (Wildman–Crippen MR) is 123 cm³/mol. The van der Waals surface area contributed by atoms with E-state index in [9.17, 15) is 22.4 Å². The molecule has 1 fully saturated rings. The number of aryl methyl sites for hydroxylation is 1. The van der Waals surface area contributed by atoms with Crippen LogP contribution < -0.4 is 10.2 Å².